The molecule has 0 radical (unpaired) electrons. The number of hydrogen-bond acceptors (Lipinski definition) is 6. The van der Waals surface area contributed by atoms with Gasteiger partial charge in [0.2, 0.25) is 0 Å². The summed E-state index contributed by atoms with van der Waals surface area (Å²) in [6, 6.07) is 0. The fourth-order valence-corrected chi connectivity index (χ4v) is 1.47. The number of hydrogen-bond donors (Lipinski definition) is 1. The molecule has 0 aromatic carbocycles. The molecule has 1 heterocycles. The van der Waals surface area contributed by atoms with Crippen LogP contribution in [0.3, 0.4) is 0 Å². The highest BCUT2D eigenvalue weighted by atomic mass is 33.1. The second-order valence-electron chi connectivity index (χ2n) is 2.63. The number of thiol groups is 1. The van der Waals surface area contributed by atoms with Gasteiger partial charge in [-0.15, -0.1) is 16.7 Å². The van der Waals surface area contributed by atoms with E-state index < -0.39 is 17.8 Å². The third kappa shape index (κ3) is 2.91. The first-order valence-electron chi connectivity index (χ1n) is 3.98. The minimum Gasteiger partial charge on any atom is -0.330 e. The van der Waals surface area contributed by atoms with Crippen LogP contribution in [0.5, 0.6) is 0 Å². The highest BCUT2D eigenvalue weighted by molar-refractivity contribution is 8.68. The normalized spacial score (nSPS) is 16.2. The van der Waals surface area contributed by atoms with Crippen LogP contribution in [0.4, 0.5) is 0 Å². The van der Waals surface area contributed by atoms with Crippen molar-refractivity contribution in [2.75, 3.05) is 5.75 Å². The lowest BCUT2D eigenvalue weighted by Crippen LogP contribution is -2.32. The lowest BCUT2D eigenvalue weighted by molar-refractivity contribution is -0.197. The summed E-state index contributed by atoms with van der Waals surface area (Å²) in [6.45, 7) is 0. The van der Waals surface area contributed by atoms with Gasteiger partial charge in [-0.2, -0.15) is 0 Å². The summed E-state index contributed by atoms with van der Waals surface area (Å²) in [5, 5.41) is 0.547. The van der Waals surface area contributed by atoms with Gasteiger partial charge in [-0.05, 0) is 0 Å². The van der Waals surface area contributed by atoms with Crippen molar-refractivity contribution in [1.29, 1.82) is 0 Å². The van der Waals surface area contributed by atoms with E-state index in [-0.39, 0.29) is 19.3 Å². The van der Waals surface area contributed by atoms with E-state index in [0.29, 0.717) is 10.8 Å². The standard InChI is InChI=1S/C7H9NO4S2/c9-5-1-2-6(10)8(5)12-7(11)3-4-14-13/h13H,1-4H2. The Morgan fingerprint density at radius 2 is 2.00 bits per heavy atom. The Balaban J connectivity index is 2.39. The van der Waals surface area contributed by atoms with E-state index in [1.807, 2.05) is 0 Å². The summed E-state index contributed by atoms with van der Waals surface area (Å²) < 4.78 is 0. The molecule has 7 heteroatoms. The van der Waals surface area contributed by atoms with Crippen LogP contribution in [0, 0.1) is 0 Å². The van der Waals surface area contributed by atoms with Gasteiger partial charge in [0.25, 0.3) is 11.8 Å². The average molecular weight is 235 g/mol. The maximum atomic E-state index is 11.0. The molecule has 1 aliphatic rings. The molecule has 1 saturated heterocycles. The van der Waals surface area contributed by atoms with E-state index >= 15 is 0 Å². The third-order valence-corrected chi connectivity index (χ3v) is 2.53. The quantitative estimate of drug-likeness (QED) is 0.438. The van der Waals surface area contributed by atoms with Crippen molar-refractivity contribution in [3.8, 4) is 0 Å². The summed E-state index contributed by atoms with van der Waals surface area (Å²) in [5.74, 6) is -1.02. The van der Waals surface area contributed by atoms with Crippen molar-refractivity contribution < 1.29 is 19.2 Å². The van der Waals surface area contributed by atoms with Crippen molar-refractivity contribution in [3.05, 3.63) is 0 Å². The number of amides is 2. The first kappa shape index (κ1) is 11.4. The number of hydroxylamine groups is 2. The molecule has 78 valence electrons. The Bertz CT molecular complexity index is 252. The van der Waals surface area contributed by atoms with Crippen molar-refractivity contribution in [2.45, 2.75) is 19.3 Å². The van der Waals surface area contributed by atoms with Crippen LogP contribution < -0.4 is 0 Å². The molecule has 0 aromatic heterocycles. The Labute approximate surface area is 89.9 Å². The molecule has 0 unspecified atom stereocenters. The topological polar surface area (TPSA) is 63.7 Å². The van der Waals surface area contributed by atoms with Gasteiger partial charge in [0.05, 0.1) is 6.42 Å². The lowest BCUT2D eigenvalue weighted by Gasteiger charge is -2.11. The number of nitrogens with zero attached hydrogens (tertiary/aromatic N) is 1. The van der Waals surface area contributed by atoms with E-state index in [2.05, 4.69) is 16.5 Å². The molecule has 1 fully saturated rings. The summed E-state index contributed by atoms with van der Waals surface area (Å²) >= 11 is 3.84. The lowest BCUT2D eigenvalue weighted by atomic mass is 10.4. The summed E-state index contributed by atoms with van der Waals surface area (Å²) in [7, 11) is 1.19. The van der Waals surface area contributed by atoms with E-state index in [0.717, 1.165) is 0 Å². The zero-order chi connectivity index (χ0) is 10.6. The van der Waals surface area contributed by atoms with Gasteiger partial charge in [-0.1, -0.05) is 10.8 Å². The molecule has 0 aliphatic carbocycles. The van der Waals surface area contributed by atoms with E-state index in [4.69, 9.17) is 0 Å². The molecule has 14 heavy (non-hydrogen) atoms. The number of carbonyl (C=O) groups is 3. The molecule has 0 saturated carbocycles. The van der Waals surface area contributed by atoms with E-state index in [9.17, 15) is 14.4 Å². The number of carbonyl (C=O) groups excluding carboxylic acids is 3. The van der Waals surface area contributed by atoms with Crippen molar-refractivity contribution in [2.24, 2.45) is 0 Å². The highest BCUT2D eigenvalue weighted by Crippen LogP contribution is 2.13. The minimum absolute atomic E-state index is 0.118. The molecule has 5 nitrogen and oxygen atoms in total. The second-order valence-corrected chi connectivity index (χ2v) is 4.07. The van der Waals surface area contributed by atoms with Gasteiger partial charge >= 0.3 is 5.97 Å². The molecular weight excluding hydrogens is 226 g/mol. The first-order chi connectivity index (χ1) is 6.65. The smallest absolute Gasteiger partial charge is 0.330 e. The Kier molecular flexibility index (Phi) is 4.27. The van der Waals surface area contributed by atoms with Crippen LogP contribution in [-0.4, -0.2) is 28.6 Å². The summed E-state index contributed by atoms with van der Waals surface area (Å²) in [5.41, 5.74) is 0. The van der Waals surface area contributed by atoms with Gasteiger partial charge in [0, 0.05) is 18.6 Å². The molecule has 0 atom stereocenters. The predicted octanol–water partition coefficient (Wildman–Crippen LogP) is 0.562. The van der Waals surface area contributed by atoms with Crippen LogP contribution in [0.2, 0.25) is 0 Å². The summed E-state index contributed by atoms with van der Waals surface area (Å²) in [4.78, 5) is 37.6. The molecule has 2 amide bonds. The van der Waals surface area contributed by atoms with Crippen molar-refractivity contribution in [3.63, 3.8) is 0 Å². The maximum Gasteiger partial charge on any atom is 0.334 e. The Hall–Kier alpha value is -0.690. The van der Waals surface area contributed by atoms with Crippen molar-refractivity contribution in [1.82, 2.24) is 5.06 Å². The van der Waals surface area contributed by atoms with Crippen LogP contribution in [0.1, 0.15) is 19.3 Å². The van der Waals surface area contributed by atoms with Crippen LogP contribution in [-0.2, 0) is 19.2 Å². The van der Waals surface area contributed by atoms with Gasteiger partial charge in [0.1, 0.15) is 0 Å². The van der Waals surface area contributed by atoms with Crippen LogP contribution in [0.15, 0.2) is 0 Å². The molecule has 0 N–H and O–H groups in total. The SMILES string of the molecule is O=C(CCSS)ON1C(=O)CCC1=O. The largest absolute Gasteiger partial charge is 0.334 e. The van der Waals surface area contributed by atoms with Gasteiger partial charge in [0.15, 0.2) is 0 Å². The Morgan fingerprint density at radius 3 is 2.50 bits per heavy atom. The van der Waals surface area contributed by atoms with Crippen LogP contribution in [0.25, 0.3) is 0 Å². The molecule has 1 aliphatic heterocycles. The van der Waals surface area contributed by atoms with Crippen molar-refractivity contribution >= 4 is 40.2 Å². The molecule has 0 aromatic rings. The highest BCUT2D eigenvalue weighted by Gasteiger charge is 2.32. The van der Waals surface area contributed by atoms with Crippen LogP contribution >= 0.6 is 22.5 Å². The molecular formula is C7H9NO4S2. The zero-order valence-electron chi connectivity index (χ0n) is 7.26. The average Bonchev–Trinajstić information content (AvgIpc) is 2.46. The fraction of sp³-hybridized carbons (Fsp3) is 0.571. The number of imide groups is 1. The second kappa shape index (κ2) is 5.26. The van der Waals surface area contributed by atoms with E-state index in [1.54, 1.807) is 0 Å². The predicted molar refractivity (Wildman–Crippen MR) is 53.2 cm³/mol. The molecule has 1 rings (SSSR count). The molecule has 0 spiro atoms. The van der Waals surface area contributed by atoms with Gasteiger partial charge in [-0.3, -0.25) is 9.59 Å². The fourth-order valence-electron chi connectivity index (χ4n) is 0.934. The van der Waals surface area contributed by atoms with Gasteiger partial charge in [-0.25, -0.2) is 4.79 Å². The first-order valence-corrected chi connectivity index (χ1v) is 6.02. The molecule has 0 bridgehead atoms. The van der Waals surface area contributed by atoms with E-state index in [1.165, 1.54) is 10.8 Å². The monoisotopic (exact) mass is 235 g/mol. The Morgan fingerprint density at radius 1 is 1.43 bits per heavy atom. The zero-order valence-corrected chi connectivity index (χ0v) is 8.98. The maximum absolute atomic E-state index is 11.0. The third-order valence-electron chi connectivity index (χ3n) is 1.60. The summed E-state index contributed by atoms with van der Waals surface area (Å²) in [6.07, 6.45) is 0.367. The number of rotatable bonds is 4. The van der Waals surface area contributed by atoms with Gasteiger partial charge < -0.3 is 4.84 Å². The minimum atomic E-state index is -0.588.